The molecule has 1 aliphatic carbocycles. The van der Waals surface area contributed by atoms with Crippen LogP contribution in [0, 0.1) is 20.8 Å². The number of furan rings is 1. The van der Waals surface area contributed by atoms with Gasteiger partial charge in [0.15, 0.2) is 5.76 Å². The lowest BCUT2D eigenvalue weighted by Crippen LogP contribution is -2.32. The number of aryl methyl sites for hydroxylation is 4. The molecule has 5 rings (SSSR count). The van der Waals surface area contributed by atoms with E-state index < -0.39 is 0 Å². The first kappa shape index (κ1) is 22.2. The van der Waals surface area contributed by atoms with Crippen molar-refractivity contribution in [3.63, 3.8) is 0 Å². The van der Waals surface area contributed by atoms with Crippen LogP contribution in [0.2, 0.25) is 0 Å². The third kappa shape index (κ3) is 4.20. The summed E-state index contributed by atoms with van der Waals surface area (Å²) in [7, 11) is 0. The van der Waals surface area contributed by atoms with Gasteiger partial charge in [0.25, 0.3) is 11.8 Å². The summed E-state index contributed by atoms with van der Waals surface area (Å²) in [6.45, 7) is 7.25. The smallest absolute Gasteiger partial charge is 0.292 e. The fourth-order valence-corrected chi connectivity index (χ4v) is 6.13. The minimum Gasteiger partial charge on any atom is -0.451 e. The molecule has 0 bridgehead atoms. The molecule has 2 aromatic heterocycles. The van der Waals surface area contributed by atoms with Crippen molar-refractivity contribution >= 4 is 39.1 Å². The molecule has 1 fully saturated rings. The molecule has 1 saturated heterocycles. The van der Waals surface area contributed by atoms with Gasteiger partial charge in [0, 0.05) is 29.0 Å². The van der Waals surface area contributed by atoms with Gasteiger partial charge < -0.3 is 19.8 Å². The Labute approximate surface area is 197 Å². The van der Waals surface area contributed by atoms with Crippen LogP contribution in [0.25, 0.3) is 11.0 Å². The lowest BCUT2D eigenvalue weighted by atomic mass is 9.95. The molecule has 2 N–H and O–H groups in total. The van der Waals surface area contributed by atoms with Crippen molar-refractivity contribution in [2.45, 2.75) is 65.4 Å². The molecule has 0 spiro atoms. The van der Waals surface area contributed by atoms with Crippen LogP contribution in [0.1, 0.15) is 73.7 Å². The SMILES string of the molecule is Cc1cc2oc(C(=O)Nc3sc4c(c3C(=O)NC[C@H]3CCCO3)CCCC4)c(C)c2cc1C. The number of carbonyl (C=O) groups is 2. The summed E-state index contributed by atoms with van der Waals surface area (Å²) >= 11 is 1.52. The maximum Gasteiger partial charge on any atom is 0.292 e. The summed E-state index contributed by atoms with van der Waals surface area (Å²) in [5.74, 6) is -0.148. The van der Waals surface area contributed by atoms with Crippen LogP contribution < -0.4 is 10.6 Å². The van der Waals surface area contributed by atoms with Gasteiger partial charge in [-0.05, 0) is 88.1 Å². The molecule has 2 aliphatic rings. The zero-order chi connectivity index (χ0) is 23.1. The molecule has 3 heterocycles. The minimum absolute atomic E-state index is 0.0755. The normalized spacial score (nSPS) is 17.8. The maximum atomic E-state index is 13.3. The second kappa shape index (κ2) is 8.95. The lowest BCUT2D eigenvalue weighted by molar-refractivity contribution is 0.0858. The summed E-state index contributed by atoms with van der Waals surface area (Å²) in [5.41, 5.74) is 5.51. The highest BCUT2D eigenvalue weighted by molar-refractivity contribution is 7.17. The number of ether oxygens (including phenoxy) is 1. The Hall–Kier alpha value is -2.64. The Morgan fingerprint density at radius 3 is 2.64 bits per heavy atom. The van der Waals surface area contributed by atoms with Gasteiger partial charge in [0.1, 0.15) is 10.6 Å². The van der Waals surface area contributed by atoms with E-state index in [2.05, 4.69) is 23.6 Å². The van der Waals surface area contributed by atoms with E-state index in [1.807, 2.05) is 19.9 Å². The predicted molar refractivity (Wildman–Crippen MR) is 131 cm³/mol. The summed E-state index contributed by atoms with van der Waals surface area (Å²) in [4.78, 5) is 27.7. The van der Waals surface area contributed by atoms with E-state index in [-0.39, 0.29) is 17.9 Å². The highest BCUT2D eigenvalue weighted by atomic mass is 32.1. The Morgan fingerprint density at radius 1 is 1.06 bits per heavy atom. The Morgan fingerprint density at radius 2 is 1.85 bits per heavy atom. The molecule has 6 nitrogen and oxygen atoms in total. The van der Waals surface area contributed by atoms with Gasteiger partial charge in [0.2, 0.25) is 0 Å². The van der Waals surface area contributed by atoms with Crippen LogP contribution in [0.15, 0.2) is 16.5 Å². The molecule has 3 aromatic rings. The number of carbonyl (C=O) groups excluding carboxylic acids is 2. The largest absolute Gasteiger partial charge is 0.451 e. The zero-order valence-electron chi connectivity index (χ0n) is 19.4. The summed E-state index contributed by atoms with van der Waals surface area (Å²) in [5, 5.41) is 7.62. The molecule has 0 unspecified atom stereocenters. The molecule has 2 amide bonds. The average molecular weight is 467 g/mol. The van der Waals surface area contributed by atoms with Gasteiger partial charge in [-0.2, -0.15) is 0 Å². The summed E-state index contributed by atoms with van der Waals surface area (Å²) in [6.07, 6.45) is 6.06. The zero-order valence-corrected chi connectivity index (χ0v) is 20.2. The van der Waals surface area contributed by atoms with Crippen LogP contribution in [0.3, 0.4) is 0 Å². The predicted octanol–water partition coefficient (Wildman–Crippen LogP) is 5.46. The van der Waals surface area contributed by atoms with Crippen LogP contribution in [-0.4, -0.2) is 31.1 Å². The van der Waals surface area contributed by atoms with Gasteiger partial charge in [0.05, 0.1) is 11.7 Å². The van der Waals surface area contributed by atoms with E-state index in [1.54, 1.807) is 0 Å². The van der Waals surface area contributed by atoms with Crippen LogP contribution in [0.4, 0.5) is 5.00 Å². The molecule has 33 heavy (non-hydrogen) atoms. The number of thiophene rings is 1. The minimum atomic E-state index is -0.314. The molecule has 174 valence electrons. The van der Waals surface area contributed by atoms with E-state index >= 15 is 0 Å². The lowest BCUT2D eigenvalue weighted by Gasteiger charge is -2.15. The van der Waals surface area contributed by atoms with Gasteiger partial charge >= 0.3 is 0 Å². The molecule has 1 aliphatic heterocycles. The number of hydrogen-bond donors (Lipinski definition) is 2. The average Bonchev–Trinajstić information content (AvgIpc) is 3.51. The van der Waals surface area contributed by atoms with Crippen molar-refractivity contribution in [3.05, 3.63) is 50.6 Å². The van der Waals surface area contributed by atoms with Crippen LogP contribution in [-0.2, 0) is 17.6 Å². The van der Waals surface area contributed by atoms with Crippen molar-refractivity contribution in [1.29, 1.82) is 0 Å². The highest BCUT2D eigenvalue weighted by Crippen LogP contribution is 2.39. The van der Waals surface area contributed by atoms with Crippen LogP contribution in [0.5, 0.6) is 0 Å². The quantitative estimate of drug-likeness (QED) is 0.523. The third-order valence-electron chi connectivity index (χ3n) is 6.90. The van der Waals surface area contributed by atoms with E-state index in [1.165, 1.54) is 16.2 Å². The number of hydrogen-bond acceptors (Lipinski definition) is 5. The molecular formula is C26H30N2O4S. The summed E-state index contributed by atoms with van der Waals surface area (Å²) < 4.78 is 11.6. The molecule has 7 heteroatoms. The molecule has 1 aromatic carbocycles. The molecular weight excluding hydrogens is 436 g/mol. The Kier molecular flexibility index (Phi) is 6.01. The van der Waals surface area contributed by atoms with E-state index in [9.17, 15) is 9.59 Å². The number of nitrogens with one attached hydrogen (secondary N) is 2. The van der Waals surface area contributed by atoms with E-state index in [0.29, 0.717) is 28.5 Å². The molecule has 1 atom stereocenters. The first-order valence-corrected chi connectivity index (χ1v) is 12.6. The first-order valence-electron chi connectivity index (χ1n) is 11.8. The second-order valence-corrected chi connectivity index (χ2v) is 10.3. The van der Waals surface area contributed by atoms with Crippen molar-refractivity contribution in [2.75, 3.05) is 18.5 Å². The van der Waals surface area contributed by atoms with Gasteiger partial charge in [-0.1, -0.05) is 0 Å². The van der Waals surface area contributed by atoms with Gasteiger partial charge in [-0.3, -0.25) is 9.59 Å². The van der Waals surface area contributed by atoms with Crippen molar-refractivity contribution in [3.8, 4) is 0 Å². The maximum absolute atomic E-state index is 13.3. The van der Waals surface area contributed by atoms with Crippen molar-refractivity contribution < 1.29 is 18.7 Å². The van der Waals surface area contributed by atoms with Crippen LogP contribution >= 0.6 is 11.3 Å². The Balaban J connectivity index is 1.43. The number of amides is 2. The second-order valence-electron chi connectivity index (χ2n) is 9.20. The topological polar surface area (TPSA) is 80.6 Å². The van der Waals surface area contributed by atoms with Gasteiger partial charge in [-0.25, -0.2) is 0 Å². The number of rotatable bonds is 5. The fourth-order valence-electron chi connectivity index (χ4n) is 4.85. The van der Waals surface area contributed by atoms with Gasteiger partial charge in [-0.15, -0.1) is 11.3 Å². The number of benzene rings is 1. The monoisotopic (exact) mass is 466 g/mol. The summed E-state index contributed by atoms with van der Waals surface area (Å²) in [6, 6.07) is 4.04. The molecule has 0 radical (unpaired) electrons. The van der Waals surface area contributed by atoms with Crippen molar-refractivity contribution in [2.24, 2.45) is 0 Å². The van der Waals surface area contributed by atoms with Crippen molar-refractivity contribution in [1.82, 2.24) is 5.32 Å². The van der Waals surface area contributed by atoms with E-state index in [4.69, 9.17) is 9.15 Å². The first-order chi connectivity index (χ1) is 15.9. The third-order valence-corrected chi connectivity index (χ3v) is 8.11. The highest BCUT2D eigenvalue weighted by Gasteiger charge is 2.28. The molecule has 0 saturated carbocycles. The number of anilines is 1. The number of fused-ring (bicyclic) bond motifs is 2. The Bertz CT molecular complexity index is 1230. The standard InChI is InChI=1S/C26H30N2O4S/c1-14-11-19-16(3)23(32-20(19)12-15(14)2)25(30)28-26-22(18-8-4-5-9-21(18)33-26)24(29)27-13-17-7-6-10-31-17/h11-12,17H,4-10,13H2,1-3H3,(H,27,29)(H,28,30)/t17-/m1/s1. The fraction of sp³-hybridized carbons (Fsp3) is 0.462. The van der Waals surface area contributed by atoms with E-state index in [0.717, 1.165) is 72.8 Å².